The van der Waals surface area contributed by atoms with Gasteiger partial charge in [0.15, 0.2) is 5.79 Å². The zero-order valence-electron chi connectivity index (χ0n) is 21.8. The van der Waals surface area contributed by atoms with Gasteiger partial charge in [-0.05, 0) is 37.8 Å². The number of hydrogen-bond acceptors (Lipinski definition) is 6. The van der Waals surface area contributed by atoms with E-state index in [1.807, 2.05) is 0 Å². The third kappa shape index (κ3) is 8.19. The highest BCUT2D eigenvalue weighted by atomic mass is 32.2. The Balaban J connectivity index is 2.00. The van der Waals surface area contributed by atoms with Gasteiger partial charge in [0, 0.05) is 25.4 Å². The minimum Gasteiger partial charge on any atom is -0.481 e. The summed E-state index contributed by atoms with van der Waals surface area (Å²) in [5.74, 6) is 0.113. The van der Waals surface area contributed by atoms with E-state index in [4.69, 9.17) is 24.8 Å². The Morgan fingerprint density at radius 3 is 2.72 bits per heavy atom. The van der Waals surface area contributed by atoms with E-state index in [1.165, 1.54) is 6.42 Å². The van der Waals surface area contributed by atoms with E-state index in [2.05, 4.69) is 41.5 Å². The zero-order chi connectivity index (χ0) is 24.6. The molecule has 0 amide bonds. The van der Waals surface area contributed by atoms with Gasteiger partial charge in [-0.3, -0.25) is 4.79 Å². The molecule has 1 aliphatic heterocycles. The van der Waals surface area contributed by atoms with E-state index in [0.717, 1.165) is 44.7 Å². The molecule has 0 unspecified atom stereocenters. The minimum absolute atomic E-state index is 0.0305. The minimum atomic E-state index is -0.916. The van der Waals surface area contributed by atoms with Gasteiger partial charge in [-0.1, -0.05) is 59.9 Å². The van der Waals surface area contributed by atoms with Crippen molar-refractivity contribution >= 4 is 25.0 Å². The van der Waals surface area contributed by atoms with Crippen LogP contribution in [0.15, 0.2) is 0 Å². The Morgan fingerprint density at radius 1 is 1.34 bits per heavy atom. The van der Waals surface area contributed by atoms with Crippen LogP contribution in [0, 0.1) is 23.2 Å². The molecule has 2 rings (SSSR count). The van der Waals surface area contributed by atoms with Gasteiger partial charge in [-0.15, -0.1) is 0 Å². The second kappa shape index (κ2) is 12.4. The lowest BCUT2D eigenvalue weighted by molar-refractivity contribution is -0.342. The number of hydrogen-bond donors (Lipinski definition) is 1. The molecule has 32 heavy (non-hydrogen) atoms. The van der Waals surface area contributed by atoms with Crippen LogP contribution in [0.5, 0.6) is 0 Å². The van der Waals surface area contributed by atoms with Crippen molar-refractivity contribution in [2.24, 2.45) is 23.2 Å². The number of aliphatic carboxylic acids is 1. The van der Waals surface area contributed by atoms with Gasteiger partial charge < -0.3 is 23.5 Å². The van der Waals surface area contributed by atoms with Gasteiger partial charge in [0.2, 0.25) is 7.09 Å². The molecule has 1 aliphatic carbocycles. The number of ether oxygens (including phenoxy) is 3. The van der Waals surface area contributed by atoms with Gasteiger partial charge in [-0.25, -0.2) is 0 Å². The summed E-state index contributed by atoms with van der Waals surface area (Å²) in [5.41, 5.74) is -0.0843. The van der Waals surface area contributed by atoms with Crippen molar-refractivity contribution in [3.63, 3.8) is 0 Å². The van der Waals surface area contributed by atoms with Gasteiger partial charge in [-0.2, -0.15) is 0 Å². The van der Waals surface area contributed by atoms with Crippen molar-refractivity contribution in [1.29, 1.82) is 1.34 Å². The number of carboxylic acids is 1. The Kier molecular flexibility index (Phi) is 10.2. The van der Waals surface area contributed by atoms with Crippen molar-refractivity contribution in [3.05, 3.63) is 0 Å². The predicted octanol–water partition coefficient (Wildman–Crippen LogP) is 5.12. The highest BCUT2D eigenvalue weighted by Gasteiger charge is 2.50. The molecule has 1 heterocycles. The Labute approximate surface area is 201 Å². The summed E-state index contributed by atoms with van der Waals surface area (Å²) < 4.78 is 32.0. The normalized spacial score (nSPS) is 31.3. The van der Waals surface area contributed by atoms with E-state index < -0.39 is 17.9 Å². The van der Waals surface area contributed by atoms with Crippen LogP contribution in [0.3, 0.4) is 0 Å². The molecule has 8 heteroatoms. The average Bonchev–Trinajstić information content (AvgIpc) is 2.69. The first kappa shape index (κ1) is 26.3. The predicted molar refractivity (Wildman–Crippen MR) is 130 cm³/mol. The van der Waals surface area contributed by atoms with E-state index in [-0.39, 0.29) is 24.0 Å². The highest BCUT2D eigenvalue weighted by Crippen LogP contribution is 2.47. The SMILES string of the molecule is [3H][B]SO[C@H](CCO[C@@H](C[C@@H]1CCO[C@@]2(C[C@H](C)CC[C@H]2C(C)C)O1)C(C)(C)C)CC(=O)O. The molecule has 0 aromatic carbocycles. The van der Waals surface area contributed by atoms with Gasteiger partial charge in [0.05, 0.1) is 31.3 Å². The molecular formula is C24H44BO6S. The van der Waals surface area contributed by atoms with Crippen LogP contribution in [0.1, 0.15) is 86.5 Å². The molecule has 2 fully saturated rings. The van der Waals surface area contributed by atoms with Gasteiger partial charge in [0.25, 0.3) is 0 Å². The van der Waals surface area contributed by atoms with E-state index in [9.17, 15) is 4.79 Å². The van der Waals surface area contributed by atoms with Crippen LogP contribution in [0.25, 0.3) is 0 Å². The molecule has 6 atom stereocenters. The second-order valence-electron chi connectivity index (χ2n) is 11.1. The monoisotopic (exact) mass is 473 g/mol. The summed E-state index contributed by atoms with van der Waals surface area (Å²) >= 11 is 0.855. The van der Waals surface area contributed by atoms with Crippen molar-refractivity contribution in [2.75, 3.05) is 13.2 Å². The Bertz CT molecular complexity index is 604. The average molecular weight is 473 g/mol. The standard InChI is InChI=1S/C24H44BO6S/c1-16(2)20-8-7-17(3)15-24(20)29-12-10-18(30-24)13-21(23(4,5)6)28-11-9-19(31-32-25)14-22(26)27/h16-21,25H,7-15H2,1-6H3,(H,26,27)/t17-,18+,19-,20+,21+,24+/m1/s1/i25T. The van der Waals surface area contributed by atoms with Crippen LogP contribution < -0.4 is 0 Å². The maximum atomic E-state index is 11.1. The summed E-state index contributed by atoms with van der Waals surface area (Å²) in [5, 5.41) is 9.12. The van der Waals surface area contributed by atoms with Gasteiger partial charge in [0.1, 0.15) is 0 Å². The lowest BCUT2D eigenvalue weighted by atomic mass is 9.72. The third-order valence-electron chi connectivity index (χ3n) is 6.92. The topological polar surface area (TPSA) is 74.2 Å². The largest absolute Gasteiger partial charge is 0.481 e. The molecule has 1 radical (unpaired) electrons. The highest BCUT2D eigenvalue weighted by molar-refractivity contribution is 8.15. The molecular weight excluding hydrogens is 427 g/mol. The summed E-state index contributed by atoms with van der Waals surface area (Å²) in [6.45, 7) is 14.5. The molecule has 0 bridgehead atoms. The lowest BCUT2D eigenvalue weighted by Gasteiger charge is -2.52. The lowest BCUT2D eigenvalue weighted by Crippen LogP contribution is -2.55. The van der Waals surface area contributed by atoms with E-state index in [0.29, 0.717) is 37.4 Å². The molecule has 1 saturated heterocycles. The van der Waals surface area contributed by atoms with Gasteiger partial charge >= 0.3 is 5.97 Å². The Morgan fingerprint density at radius 2 is 2.09 bits per heavy atom. The molecule has 0 aromatic rings. The fourth-order valence-electron chi connectivity index (χ4n) is 5.18. The zero-order valence-corrected chi connectivity index (χ0v) is 21.6. The fourth-order valence-corrected chi connectivity index (χ4v) is 5.50. The van der Waals surface area contributed by atoms with Crippen molar-refractivity contribution in [1.82, 2.24) is 0 Å². The van der Waals surface area contributed by atoms with E-state index in [1.54, 1.807) is 0 Å². The van der Waals surface area contributed by atoms with Crippen LogP contribution in [-0.4, -0.2) is 56.8 Å². The fraction of sp³-hybridized carbons (Fsp3) is 0.958. The Hall–Kier alpha value is -0.275. The quantitative estimate of drug-likeness (QED) is 0.312. The number of carboxylic acid groups (broad SMARTS) is 1. The smallest absolute Gasteiger partial charge is 0.306 e. The molecule has 185 valence electrons. The second-order valence-corrected chi connectivity index (χ2v) is 11.5. The molecule has 1 saturated carbocycles. The maximum absolute atomic E-state index is 11.1. The summed E-state index contributed by atoms with van der Waals surface area (Å²) in [6, 6.07) is 0. The molecule has 6 nitrogen and oxygen atoms in total. The first-order chi connectivity index (χ1) is 15.5. The molecule has 1 spiro atoms. The van der Waals surface area contributed by atoms with Crippen LogP contribution in [0.4, 0.5) is 0 Å². The molecule has 1 N–H and O–H groups in total. The van der Waals surface area contributed by atoms with Crippen LogP contribution in [-0.2, 0) is 23.2 Å². The number of rotatable bonds is 12. The molecule has 2 aliphatic rings. The van der Waals surface area contributed by atoms with Crippen molar-refractivity contribution < 1.29 is 28.3 Å². The molecule has 0 aromatic heterocycles. The van der Waals surface area contributed by atoms with Crippen LogP contribution >= 0.6 is 11.9 Å². The third-order valence-corrected chi connectivity index (χ3v) is 7.30. The summed E-state index contributed by atoms with van der Waals surface area (Å²) in [6.07, 6.45) is 4.88. The maximum Gasteiger partial charge on any atom is 0.306 e. The van der Waals surface area contributed by atoms with Crippen molar-refractivity contribution in [3.8, 4) is 0 Å². The number of carbonyl (C=O) groups is 1. The van der Waals surface area contributed by atoms with E-state index >= 15 is 0 Å². The summed E-state index contributed by atoms with van der Waals surface area (Å²) in [4.78, 5) is 11.1. The first-order valence-electron chi connectivity index (χ1n) is 12.7. The van der Waals surface area contributed by atoms with Crippen molar-refractivity contribution in [2.45, 2.75) is 111 Å². The van der Waals surface area contributed by atoms with Crippen LogP contribution in [0.2, 0.25) is 0 Å². The first-order valence-corrected chi connectivity index (χ1v) is 12.9. The summed E-state index contributed by atoms with van der Waals surface area (Å²) in [7, 11) is 1.06.